The third-order valence-electron chi connectivity index (χ3n) is 4.58. The highest BCUT2D eigenvalue weighted by Crippen LogP contribution is 2.41. The van der Waals surface area contributed by atoms with E-state index in [1.807, 2.05) is 0 Å². The first kappa shape index (κ1) is 17.7. The van der Waals surface area contributed by atoms with Gasteiger partial charge < -0.3 is 19.5 Å². The molecule has 0 aromatic heterocycles. The normalized spacial score (nSPS) is 20.4. The van der Waals surface area contributed by atoms with Crippen molar-refractivity contribution in [3.05, 3.63) is 63.1 Å². The number of amides is 1. The summed E-state index contributed by atoms with van der Waals surface area (Å²) >= 11 is 12.1. The van der Waals surface area contributed by atoms with E-state index in [4.69, 9.17) is 32.7 Å². The molecular weight excluding hydrogens is 393 g/mol. The molecule has 2 aromatic carbocycles. The summed E-state index contributed by atoms with van der Waals surface area (Å²) < 4.78 is 10.6. The van der Waals surface area contributed by atoms with Crippen LogP contribution in [0.3, 0.4) is 0 Å². The number of carbonyl (C=O) groups is 2. The monoisotopic (exact) mass is 405 g/mol. The van der Waals surface area contributed by atoms with Crippen LogP contribution in [0.4, 0.5) is 0 Å². The molecule has 1 saturated heterocycles. The molecule has 2 aliphatic rings. The maximum atomic E-state index is 12.6. The van der Waals surface area contributed by atoms with E-state index in [0.29, 0.717) is 27.6 Å². The van der Waals surface area contributed by atoms with E-state index >= 15 is 0 Å². The second kappa shape index (κ2) is 6.48. The number of Topliss-reactive ketones (excluding diaryl/α,β-unsaturated/α-hetero) is 1. The molecule has 4 rings (SSSR count). The zero-order chi connectivity index (χ0) is 19.3. The molecular formula is C19H13Cl2NO5. The van der Waals surface area contributed by atoms with Gasteiger partial charge in [0.15, 0.2) is 11.5 Å². The Hall–Kier alpha value is -2.70. The molecule has 2 aliphatic heterocycles. The molecule has 0 aliphatic carbocycles. The van der Waals surface area contributed by atoms with Crippen LogP contribution < -0.4 is 9.47 Å². The lowest BCUT2D eigenvalue weighted by molar-refractivity contribution is -0.139. The summed E-state index contributed by atoms with van der Waals surface area (Å²) in [7, 11) is 1.49. The second-order valence-electron chi connectivity index (χ2n) is 6.15. The lowest BCUT2D eigenvalue weighted by Gasteiger charge is -2.21. The summed E-state index contributed by atoms with van der Waals surface area (Å²) in [5, 5.41) is 11.5. The maximum Gasteiger partial charge on any atom is 0.295 e. The van der Waals surface area contributed by atoms with Gasteiger partial charge in [0, 0.05) is 12.6 Å². The van der Waals surface area contributed by atoms with Gasteiger partial charge in [0.05, 0.1) is 21.7 Å². The van der Waals surface area contributed by atoms with Crippen molar-refractivity contribution in [3.63, 3.8) is 0 Å². The van der Waals surface area contributed by atoms with Crippen molar-refractivity contribution in [2.45, 2.75) is 6.04 Å². The van der Waals surface area contributed by atoms with Crippen molar-refractivity contribution in [3.8, 4) is 11.5 Å². The topological polar surface area (TPSA) is 76.1 Å². The average molecular weight is 406 g/mol. The molecule has 1 unspecified atom stereocenters. The van der Waals surface area contributed by atoms with Crippen LogP contribution in [-0.2, 0) is 9.59 Å². The minimum absolute atomic E-state index is 0.0280. The molecule has 27 heavy (non-hydrogen) atoms. The molecule has 0 bridgehead atoms. The fraction of sp³-hybridized carbons (Fsp3) is 0.158. The highest BCUT2D eigenvalue weighted by molar-refractivity contribution is 6.46. The third kappa shape index (κ3) is 2.81. The summed E-state index contributed by atoms with van der Waals surface area (Å²) in [6.07, 6.45) is 0. The summed E-state index contributed by atoms with van der Waals surface area (Å²) in [5.74, 6) is -0.788. The standard InChI is InChI=1S/C19H13Cl2NO5/c1-22-16(9-2-4-11(20)12(21)6-9)15(18(24)19(22)25)17(23)10-3-5-13-14(7-10)27-8-26-13/h2-7,16,23H,8H2,1H3/b17-15+. The Morgan fingerprint density at radius 1 is 1.07 bits per heavy atom. The van der Waals surface area contributed by atoms with Crippen LogP contribution in [0.15, 0.2) is 42.0 Å². The van der Waals surface area contributed by atoms with Crippen molar-refractivity contribution < 1.29 is 24.2 Å². The van der Waals surface area contributed by atoms with Crippen LogP contribution in [0.2, 0.25) is 10.0 Å². The van der Waals surface area contributed by atoms with Gasteiger partial charge in [0.1, 0.15) is 5.76 Å². The Morgan fingerprint density at radius 3 is 2.56 bits per heavy atom. The van der Waals surface area contributed by atoms with Gasteiger partial charge in [0.25, 0.3) is 11.7 Å². The minimum Gasteiger partial charge on any atom is -0.507 e. The molecule has 1 atom stereocenters. The van der Waals surface area contributed by atoms with Crippen molar-refractivity contribution in [1.29, 1.82) is 0 Å². The number of hydrogen-bond acceptors (Lipinski definition) is 5. The Kier molecular flexibility index (Phi) is 4.25. The predicted molar refractivity (Wildman–Crippen MR) is 99.1 cm³/mol. The largest absolute Gasteiger partial charge is 0.507 e. The number of likely N-dealkylation sites (tertiary alicyclic amines) is 1. The number of aliphatic hydroxyl groups excluding tert-OH is 1. The molecule has 1 amide bonds. The van der Waals surface area contributed by atoms with E-state index in [-0.39, 0.29) is 23.1 Å². The highest BCUT2D eigenvalue weighted by atomic mass is 35.5. The van der Waals surface area contributed by atoms with Gasteiger partial charge in [-0.25, -0.2) is 0 Å². The predicted octanol–water partition coefficient (Wildman–Crippen LogP) is 3.77. The smallest absolute Gasteiger partial charge is 0.295 e. The number of hydrogen-bond donors (Lipinski definition) is 1. The molecule has 0 saturated carbocycles. The van der Waals surface area contributed by atoms with E-state index in [2.05, 4.69) is 0 Å². The quantitative estimate of drug-likeness (QED) is 0.467. The molecule has 138 valence electrons. The molecule has 2 aromatic rings. The van der Waals surface area contributed by atoms with Crippen molar-refractivity contribution in [2.24, 2.45) is 0 Å². The summed E-state index contributed by atoms with van der Waals surface area (Å²) in [6.45, 7) is 0.0855. The summed E-state index contributed by atoms with van der Waals surface area (Å²) in [5.41, 5.74) is 0.879. The zero-order valence-electron chi connectivity index (χ0n) is 14.0. The molecule has 0 spiro atoms. The number of benzene rings is 2. The van der Waals surface area contributed by atoms with Crippen molar-refractivity contribution >= 4 is 40.7 Å². The Balaban J connectivity index is 1.86. The first-order chi connectivity index (χ1) is 12.9. The van der Waals surface area contributed by atoms with Crippen LogP contribution in [0.1, 0.15) is 17.2 Å². The minimum atomic E-state index is -0.787. The highest BCUT2D eigenvalue weighted by Gasteiger charge is 2.44. The van der Waals surface area contributed by atoms with E-state index in [1.165, 1.54) is 11.9 Å². The lowest BCUT2D eigenvalue weighted by atomic mass is 9.95. The van der Waals surface area contributed by atoms with Crippen molar-refractivity contribution in [1.82, 2.24) is 4.90 Å². The first-order valence-electron chi connectivity index (χ1n) is 7.98. The lowest BCUT2D eigenvalue weighted by Crippen LogP contribution is -2.24. The Morgan fingerprint density at radius 2 is 1.81 bits per heavy atom. The van der Waals surface area contributed by atoms with Crippen LogP contribution in [0.25, 0.3) is 5.76 Å². The van der Waals surface area contributed by atoms with Crippen molar-refractivity contribution in [2.75, 3.05) is 13.8 Å². The van der Waals surface area contributed by atoms with Gasteiger partial charge in [0.2, 0.25) is 6.79 Å². The van der Waals surface area contributed by atoms with Gasteiger partial charge >= 0.3 is 0 Å². The van der Waals surface area contributed by atoms with Crippen LogP contribution in [0, 0.1) is 0 Å². The van der Waals surface area contributed by atoms with Crippen LogP contribution >= 0.6 is 23.2 Å². The van der Waals surface area contributed by atoms with Gasteiger partial charge in [-0.2, -0.15) is 0 Å². The van der Waals surface area contributed by atoms with E-state index in [9.17, 15) is 14.7 Å². The molecule has 0 radical (unpaired) electrons. The number of halogens is 2. The fourth-order valence-electron chi connectivity index (χ4n) is 3.22. The van der Waals surface area contributed by atoms with Gasteiger partial charge in [-0.05, 0) is 35.9 Å². The Labute approximate surface area is 164 Å². The number of ether oxygens (including phenoxy) is 2. The number of likely N-dealkylation sites (N-methyl/N-ethyl adjacent to an activating group) is 1. The van der Waals surface area contributed by atoms with Gasteiger partial charge in [-0.15, -0.1) is 0 Å². The number of nitrogens with zero attached hydrogens (tertiary/aromatic N) is 1. The summed E-state index contributed by atoms with van der Waals surface area (Å²) in [6, 6.07) is 8.82. The average Bonchev–Trinajstić information content (AvgIpc) is 3.21. The molecule has 6 nitrogen and oxygen atoms in total. The second-order valence-corrected chi connectivity index (χ2v) is 6.97. The SMILES string of the molecule is CN1C(=O)C(=O)/C(=C(/O)c2ccc3c(c2)OCO3)C1c1ccc(Cl)c(Cl)c1. The molecule has 1 N–H and O–H groups in total. The Bertz CT molecular complexity index is 1020. The molecule has 8 heteroatoms. The summed E-state index contributed by atoms with van der Waals surface area (Å²) in [4.78, 5) is 26.1. The van der Waals surface area contributed by atoms with Crippen LogP contribution in [0.5, 0.6) is 11.5 Å². The van der Waals surface area contributed by atoms with E-state index < -0.39 is 17.7 Å². The fourth-order valence-corrected chi connectivity index (χ4v) is 3.53. The number of aliphatic hydroxyl groups is 1. The third-order valence-corrected chi connectivity index (χ3v) is 5.32. The number of carbonyl (C=O) groups excluding carboxylic acids is 2. The molecule has 1 fully saturated rings. The number of rotatable bonds is 2. The number of fused-ring (bicyclic) bond motifs is 1. The van der Waals surface area contributed by atoms with E-state index in [0.717, 1.165) is 0 Å². The maximum absolute atomic E-state index is 12.6. The van der Waals surface area contributed by atoms with Crippen LogP contribution in [-0.4, -0.2) is 35.5 Å². The van der Waals surface area contributed by atoms with Gasteiger partial charge in [-0.1, -0.05) is 29.3 Å². The first-order valence-corrected chi connectivity index (χ1v) is 8.73. The van der Waals surface area contributed by atoms with Gasteiger partial charge in [-0.3, -0.25) is 9.59 Å². The zero-order valence-corrected chi connectivity index (χ0v) is 15.5. The number of ketones is 1. The van der Waals surface area contributed by atoms with E-state index in [1.54, 1.807) is 36.4 Å². The molecule has 2 heterocycles.